The van der Waals surface area contributed by atoms with Crippen LogP contribution in [0.25, 0.3) is 16.8 Å². The molecule has 4 N–H and O–H groups in total. The summed E-state index contributed by atoms with van der Waals surface area (Å²) < 4.78 is 2.08. The van der Waals surface area contributed by atoms with Crippen LogP contribution in [0.3, 0.4) is 0 Å². The molecule has 0 unspecified atom stereocenters. The van der Waals surface area contributed by atoms with Crippen LogP contribution in [0.1, 0.15) is 51.3 Å². The van der Waals surface area contributed by atoms with Gasteiger partial charge in [-0.2, -0.15) is 4.58 Å². The SMILES string of the molecule is CC1(C)C(C=Cc2c(O)ccc3ccc(O)cc23)=[N+](Cc2ccc(C(=O)O)cc2)c2ccc(C(=O)O)cc21. The average molecular weight is 509 g/mol. The number of aromatic hydroxyl groups is 2. The van der Waals surface area contributed by atoms with Crippen molar-refractivity contribution in [1.29, 1.82) is 0 Å². The summed E-state index contributed by atoms with van der Waals surface area (Å²) in [7, 11) is 0. The van der Waals surface area contributed by atoms with Crippen LogP contribution in [-0.4, -0.2) is 42.7 Å². The Labute approximate surface area is 218 Å². The second-order valence-electron chi connectivity index (χ2n) is 9.87. The Morgan fingerprint density at radius 1 is 0.816 bits per heavy atom. The van der Waals surface area contributed by atoms with Crippen LogP contribution in [0.2, 0.25) is 0 Å². The standard InChI is InChI=1S/C31H25NO6/c1-31(2)25-15-21(30(37)38)8-12-26(25)32(17-18-3-5-20(6-4-18)29(35)36)28(31)14-11-23-24-16-22(33)10-7-19(24)9-13-27(23)34/h3-16H,17H2,1-2H3,(H3,33,34,35,36,37,38)/p+1. The molecule has 0 saturated heterocycles. The molecule has 0 radical (unpaired) electrons. The molecule has 190 valence electrons. The van der Waals surface area contributed by atoms with Crippen LogP contribution in [0, 0.1) is 0 Å². The van der Waals surface area contributed by atoms with E-state index in [-0.39, 0.29) is 22.6 Å². The molecule has 7 heteroatoms. The number of nitrogens with zero attached hydrogens (tertiary/aromatic N) is 1. The molecule has 0 bridgehead atoms. The Bertz CT molecular complexity index is 1670. The van der Waals surface area contributed by atoms with Crippen molar-refractivity contribution >= 4 is 40.2 Å². The molecule has 7 nitrogen and oxygen atoms in total. The van der Waals surface area contributed by atoms with Gasteiger partial charge in [0.2, 0.25) is 5.69 Å². The van der Waals surface area contributed by atoms with Gasteiger partial charge in [0.25, 0.3) is 0 Å². The van der Waals surface area contributed by atoms with E-state index in [1.165, 1.54) is 0 Å². The highest BCUT2D eigenvalue weighted by Crippen LogP contribution is 2.42. The molecular weight excluding hydrogens is 482 g/mol. The van der Waals surface area contributed by atoms with Crippen molar-refractivity contribution in [3.05, 3.63) is 107 Å². The number of benzene rings is 4. The lowest BCUT2D eigenvalue weighted by molar-refractivity contribution is -0.455. The normalized spacial score (nSPS) is 14.3. The zero-order chi connectivity index (χ0) is 27.2. The van der Waals surface area contributed by atoms with Crippen LogP contribution in [0.15, 0.2) is 78.9 Å². The third-order valence-corrected chi connectivity index (χ3v) is 7.11. The first-order valence-electron chi connectivity index (χ1n) is 12.0. The summed E-state index contributed by atoms with van der Waals surface area (Å²) in [6.45, 7) is 4.45. The van der Waals surface area contributed by atoms with E-state index in [4.69, 9.17) is 0 Å². The maximum Gasteiger partial charge on any atom is 0.335 e. The monoisotopic (exact) mass is 508 g/mol. The van der Waals surface area contributed by atoms with E-state index in [2.05, 4.69) is 4.58 Å². The predicted molar refractivity (Wildman–Crippen MR) is 145 cm³/mol. The minimum atomic E-state index is -1.01. The second-order valence-corrected chi connectivity index (χ2v) is 9.87. The summed E-state index contributed by atoms with van der Waals surface area (Å²) in [6.07, 6.45) is 3.71. The number of carboxylic acids is 2. The van der Waals surface area contributed by atoms with Crippen molar-refractivity contribution in [1.82, 2.24) is 0 Å². The Balaban J connectivity index is 1.67. The van der Waals surface area contributed by atoms with Crippen molar-refractivity contribution in [3.8, 4) is 11.5 Å². The van der Waals surface area contributed by atoms with Gasteiger partial charge in [0, 0.05) is 28.8 Å². The number of hydrogen-bond donors (Lipinski definition) is 4. The number of fused-ring (bicyclic) bond motifs is 2. The van der Waals surface area contributed by atoms with Gasteiger partial charge in [-0.05, 0) is 73.2 Å². The lowest BCUT2D eigenvalue weighted by atomic mass is 9.80. The number of rotatable bonds is 6. The second kappa shape index (κ2) is 9.19. The number of allylic oxidation sites excluding steroid dienone is 1. The van der Waals surface area contributed by atoms with Gasteiger partial charge in [0.05, 0.1) is 16.5 Å². The van der Waals surface area contributed by atoms with Gasteiger partial charge in [0.15, 0.2) is 12.3 Å². The van der Waals surface area contributed by atoms with E-state index in [1.807, 2.05) is 19.9 Å². The van der Waals surface area contributed by atoms with Gasteiger partial charge in [-0.15, -0.1) is 0 Å². The smallest absolute Gasteiger partial charge is 0.335 e. The zero-order valence-corrected chi connectivity index (χ0v) is 20.8. The van der Waals surface area contributed by atoms with Gasteiger partial charge < -0.3 is 20.4 Å². The van der Waals surface area contributed by atoms with Crippen LogP contribution >= 0.6 is 0 Å². The maximum atomic E-state index is 11.7. The lowest BCUT2D eigenvalue weighted by Gasteiger charge is -2.16. The Kier molecular flexibility index (Phi) is 5.99. The van der Waals surface area contributed by atoms with Crippen LogP contribution in [0.5, 0.6) is 11.5 Å². The van der Waals surface area contributed by atoms with Gasteiger partial charge in [-0.25, -0.2) is 9.59 Å². The number of carboxylic acid groups (broad SMARTS) is 2. The highest BCUT2D eigenvalue weighted by atomic mass is 16.4. The molecule has 1 heterocycles. The molecule has 5 rings (SSSR count). The first kappa shape index (κ1) is 24.8. The summed E-state index contributed by atoms with van der Waals surface area (Å²) in [4.78, 5) is 23.0. The van der Waals surface area contributed by atoms with Crippen LogP contribution < -0.4 is 0 Å². The van der Waals surface area contributed by atoms with E-state index in [0.29, 0.717) is 17.5 Å². The first-order valence-corrected chi connectivity index (χ1v) is 12.0. The van der Waals surface area contributed by atoms with Crippen LogP contribution in [0.4, 0.5) is 5.69 Å². The molecule has 0 fully saturated rings. The first-order chi connectivity index (χ1) is 18.1. The molecule has 0 spiro atoms. The highest BCUT2D eigenvalue weighted by Gasteiger charge is 2.44. The summed E-state index contributed by atoms with van der Waals surface area (Å²) in [6, 6.07) is 20.1. The molecule has 0 aliphatic carbocycles. The summed E-state index contributed by atoms with van der Waals surface area (Å²) in [5, 5.41) is 41.1. The fourth-order valence-corrected chi connectivity index (χ4v) is 5.07. The van der Waals surface area contributed by atoms with E-state index in [9.17, 15) is 30.0 Å². The average Bonchev–Trinajstić information content (AvgIpc) is 3.09. The largest absolute Gasteiger partial charge is 0.508 e. The number of phenols is 2. The minimum absolute atomic E-state index is 0.0669. The maximum absolute atomic E-state index is 11.7. The number of phenolic OH excluding ortho intramolecular Hbond substituents is 2. The fraction of sp³-hybridized carbons (Fsp3) is 0.129. The van der Waals surface area contributed by atoms with Crippen LogP contribution in [-0.2, 0) is 12.0 Å². The zero-order valence-electron chi connectivity index (χ0n) is 20.8. The molecule has 0 saturated carbocycles. The molecule has 0 aromatic heterocycles. The van der Waals surface area contributed by atoms with E-state index >= 15 is 0 Å². The van der Waals surface area contributed by atoms with Gasteiger partial charge in [0.1, 0.15) is 11.5 Å². The number of aromatic carboxylic acids is 2. The molecule has 1 aliphatic heterocycles. The van der Waals surface area contributed by atoms with Crippen molar-refractivity contribution in [2.45, 2.75) is 25.8 Å². The van der Waals surface area contributed by atoms with Crippen molar-refractivity contribution in [2.75, 3.05) is 0 Å². The van der Waals surface area contributed by atoms with Gasteiger partial charge >= 0.3 is 11.9 Å². The minimum Gasteiger partial charge on any atom is -0.508 e. The molecule has 0 atom stereocenters. The van der Waals surface area contributed by atoms with Crippen molar-refractivity contribution < 1.29 is 34.6 Å². The number of hydrogen-bond acceptors (Lipinski definition) is 4. The summed E-state index contributed by atoms with van der Waals surface area (Å²) in [5.74, 6) is -1.85. The third kappa shape index (κ3) is 4.28. The molecule has 1 aliphatic rings. The molecule has 4 aromatic carbocycles. The van der Waals surface area contributed by atoms with Gasteiger partial charge in [-0.3, -0.25) is 0 Å². The molecule has 38 heavy (non-hydrogen) atoms. The van der Waals surface area contributed by atoms with E-state index < -0.39 is 17.4 Å². The van der Waals surface area contributed by atoms with E-state index in [1.54, 1.807) is 78.9 Å². The third-order valence-electron chi connectivity index (χ3n) is 7.11. The van der Waals surface area contributed by atoms with E-state index in [0.717, 1.165) is 27.9 Å². The quantitative estimate of drug-likeness (QED) is 0.240. The predicted octanol–water partition coefficient (Wildman–Crippen LogP) is 5.94. The molecule has 4 aromatic rings. The Morgan fingerprint density at radius 3 is 2.16 bits per heavy atom. The van der Waals surface area contributed by atoms with Crippen molar-refractivity contribution in [2.24, 2.45) is 0 Å². The number of carbonyl (C=O) groups is 2. The molecular formula is C31H26NO6+. The lowest BCUT2D eigenvalue weighted by Crippen LogP contribution is -2.27. The Morgan fingerprint density at radius 2 is 1.47 bits per heavy atom. The fourth-order valence-electron chi connectivity index (χ4n) is 5.07. The molecule has 0 amide bonds. The Hall–Kier alpha value is -4.91. The summed E-state index contributed by atoms with van der Waals surface area (Å²) >= 11 is 0. The summed E-state index contributed by atoms with van der Waals surface area (Å²) in [5.41, 5.74) is 3.80. The van der Waals surface area contributed by atoms with Gasteiger partial charge in [-0.1, -0.05) is 24.3 Å². The topological polar surface area (TPSA) is 118 Å². The highest BCUT2D eigenvalue weighted by molar-refractivity contribution is 6.07. The van der Waals surface area contributed by atoms with Crippen molar-refractivity contribution in [3.63, 3.8) is 0 Å².